The van der Waals surface area contributed by atoms with Gasteiger partial charge in [-0.15, -0.1) is 0 Å². The summed E-state index contributed by atoms with van der Waals surface area (Å²) < 4.78 is 0. The first kappa shape index (κ1) is 14.3. The number of aryl methyl sites for hydroxylation is 1. The molecule has 3 unspecified atom stereocenters. The number of aliphatic carboxylic acids is 1. The minimum absolute atomic E-state index is 0.258. The molecule has 1 aliphatic heterocycles. The molecule has 3 atom stereocenters. The van der Waals surface area contributed by atoms with Crippen molar-refractivity contribution >= 4 is 11.9 Å². The summed E-state index contributed by atoms with van der Waals surface area (Å²) in [6.45, 7) is 6.92. The zero-order chi connectivity index (χ0) is 15.1. The molecule has 5 nitrogen and oxygen atoms in total. The highest BCUT2D eigenvalue weighted by atomic mass is 16.4. The Morgan fingerprint density at radius 2 is 2.14 bits per heavy atom. The summed E-state index contributed by atoms with van der Waals surface area (Å²) in [5.74, 6) is 0.920. The average molecular weight is 289 g/mol. The maximum absolute atomic E-state index is 11.7. The maximum Gasteiger partial charge on any atom is 0.326 e. The predicted octanol–water partition coefficient (Wildman–Crippen LogP) is 2.60. The number of hydrogen-bond donors (Lipinski definition) is 1. The van der Waals surface area contributed by atoms with Gasteiger partial charge in [-0.05, 0) is 43.6 Å². The third kappa shape index (κ3) is 2.49. The molecule has 0 spiro atoms. The molecule has 0 aromatic carbocycles. The Balaban J connectivity index is 1.97. The molecule has 1 aliphatic carbocycles. The van der Waals surface area contributed by atoms with Gasteiger partial charge in [-0.1, -0.05) is 20.3 Å². The van der Waals surface area contributed by atoms with Gasteiger partial charge in [0, 0.05) is 17.9 Å². The molecule has 21 heavy (non-hydrogen) atoms. The molecule has 2 aliphatic rings. The van der Waals surface area contributed by atoms with Crippen LogP contribution in [0.2, 0.25) is 0 Å². The lowest BCUT2D eigenvalue weighted by atomic mass is 9.94. The van der Waals surface area contributed by atoms with Gasteiger partial charge < -0.3 is 10.0 Å². The summed E-state index contributed by atoms with van der Waals surface area (Å²) in [6.07, 6.45) is 3.30. The summed E-state index contributed by atoms with van der Waals surface area (Å²) in [7, 11) is 0. The van der Waals surface area contributed by atoms with Crippen LogP contribution >= 0.6 is 0 Å². The topological polar surface area (TPSA) is 66.3 Å². The van der Waals surface area contributed by atoms with Crippen LogP contribution in [0.5, 0.6) is 0 Å². The Hall–Kier alpha value is -1.65. The van der Waals surface area contributed by atoms with Gasteiger partial charge in [-0.2, -0.15) is 0 Å². The second kappa shape index (κ2) is 5.28. The van der Waals surface area contributed by atoms with Crippen molar-refractivity contribution in [2.45, 2.75) is 52.0 Å². The van der Waals surface area contributed by atoms with Gasteiger partial charge >= 0.3 is 5.97 Å². The SMILES string of the molecule is Cc1cc(C(C)C)nc(N2CC3CCCC3C2C(=O)O)n1. The monoisotopic (exact) mass is 289 g/mol. The van der Waals surface area contributed by atoms with E-state index in [4.69, 9.17) is 0 Å². The number of aromatic nitrogens is 2. The van der Waals surface area contributed by atoms with Gasteiger partial charge in [0.2, 0.25) is 5.95 Å². The first-order chi connectivity index (χ1) is 9.97. The normalized spacial score (nSPS) is 28.2. The van der Waals surface area contributed by atoms with Crippen molar-refractivity contribution < 1.29 is 9.90 Å². The van der Waals surface area contributed by atoms with Crippen molar-refractivity contribution in [2.24, 2.45) is 11.8 Å². The summed E-state index contributed by atoms with van der Waals surface area (Å²) >= 11 is 0. The van der Waals surface area contributed by atoms with Crippen LogP contribution in [0.15, 0.2) is 6.07 Å². The Bertz CT molecular complexity index is 558. The molecule has 1 saturated heterocycles. The molecule has 3 rings (SSSR count). The third-order valence-electron chi connectivity index (χ3n) is 4.85. The lowest BCUT2D eigenvalue weighted by molar-refractivity contribution is -0.139. The fourth-order valence-electron chi connectivity index (χ4n) is 3.83. The van der Waals surface area contributed by atoms with Crippen molar-refractivity contribution in [3.8, 4) is 0 Å². The quantitative estimate of drug-likeness (QED) is 0.926. The van der Waals surface area contributed by atoms with Gasteiger partial charge in [-0.25, -0.2) is 14.8 Å². The molecule has 0 amide bonds. The van der Waals surface area contributed by atoms with Crippen molar-refractivity contribution in [3.63, 3.8) is 0 Å². The number of carbonyl (C=O) groups is 1. The largest absolute Gasteiger partial charge is 0.480 e. The fourth-order valence-corrected chi connectivity index (χ4v) is 3.83. The zero-order valence-corrected chi connectivity index (χ0v) is 12.9. The highest BCUT2D eigenvalue weighted by molar-refractivity contribution is 5.79. The van der Waals surface area contributed by atoms with E-state index in [0.29, 0.717) is 17.8 Å². The Morgan fingerprint density at radius 1 is 1.38 bits per heavy atom. The molecule has 1 aromatic rings. The van der Waals surface area contributed by atoms with Crippen LogP contribution in [0, 0.1) is 18.8 Å². The van der Waals surface area contributed by atoms with E-state index in [-0.39, 0.29) is 5.92 Å². The Morgan fingerprint density at radius 3 is 2.81 bits per heavy atom. The molecular weight excluding hydrogens is 266 g/mol. The zero-order valence-electron chi connectivity index (χ0n) is 12.9. The van der Waals surface area contributed by atoms with Crippen LogP contribution in [0.4, 0.5) is 5.95 Å². The van der Waals surface area contributed by atoms with Crippen LogP contribution < -0.4 is 4.90 Å². The average Bonchev–Trinajstić information content (AvgIpc) is 2.96. The van der Waals surface area contributed by atoms with E-state index in [1.807, 2.05) is 17.9 Å². The van der Waals surface area contributed by atoms with E-state index >= 15 is 0 Å². The standard InChI is InChI=1S/C16H23N3O2/c1-9(2)13-7-10(3)17-16(18-13)19-8-11-5-4-6-12(11)14(19)15(20)21/h7,9,11-12,14H,4-6,8H2,1-3H3,(H,20,21). The first-order valence-corrected chi connectivity index (χ1v) is 7.82. The number of fused-ring (bicyclic) bond motifs is 1. The number of carboxylic acids is 1. The number of nitrogens with zero attached hydrogens (tertiary/aromatic N) is 3. The van der Waals surface area contributed by atoms with Crippen molar-refractivity contribution in [1.82, 2.24) is 9.97 Å². The van der Waals surface area contributed by atoms with Gasteiger partial charge in [0.1, 0.15) is 6.04 Å². The highest BCUT2D eigenvalue weighted by Crippen LogP contribution is 2.43. The van der Waals surface area contributed by atoms with Crippen LogP contribution in [0.1, 0.15) is 50.4 Å². The van der Waals surface area contributed by atoms with Crippen LogP contribution in [-0.4, -0.2) is 33.6 Å². The van der Waals surface area contributed by atoms with Crippen molar-refractivity contribution in [3.05, 3.63) is 17.5 Å². The molecule has 1 saturated carbocycles. The fraction of sp³-hybridized carbons (Fsp3) is 0.688. The minimum atomic E-state index is -0.736. The molecular formula is C16H23N3O2. The van der Waals surface area contributed by atoms with E-state index in [9.17, 15) is 9.90 Å². The third-order valence-corrected chi connectivity index (χ3v) is 4.85. The molecule has 5 heteroatoms. The molecule has 2 heterocycles. The summed E-state index contributed by atoms with van der Waals surface area (Å²) in [5.41, 5.74) is 1.89. The highest BCUT2D eigenvalue weighted by Gasteiger charge is 2.48. The van der Waals surface area contributed by atoms with Crippen LogP contribution in [0.3, 0.4) is 0 Å². The summed E-state index contributed by atoms with van der Waals surface area (Å²) in [4.78, 5) is 22.8. The molecule has 1 aromatic heterocycles. The summed E-state index contributed by atoms with van der Waals surface area (Å²) in [5, 5.41) is 9.64. The van der Waals surface area contributed by atoms with Gasteiger partial charge in [-0.3, -0.25) is 0 Å². The number of rotatable bonds is 3. The Labute approximate surface area is 125 Å². The van der Waals surface area contributed by atoms with E-state index in [0.717, 1.165) is 37.2 Å². The molecule has 0 bridgehead atoms. The van der Waals surface area contributed by atoms with Crippen molar-refractivity contribution in [1.29, 1.82) is 0 Å². The maximum atomic E-state index is 11.7. The number of hydrogen-bond acceptors (Lipinski definition) is 4. The van der Waals surface area contributed by atoms with Crippen molar-refractivity contribution in [2.75, 3.05) is 11.4 Å². The second-order valence-corrected chi connectivity index (χ2v) is 6.68. The van der Waals surface area contributed by atoms with E-state index in [1.165, 1.54) is 0 Å². The minimum Gasteiger partial charge on any atom is -0.480 e. The molecule has 114 valence electrons. The van der Waals surface area contributed by atoms with Gasteiger partial charge in [0.15, 0.2) is 0 Å². The first-order valence-electron chi connectivity index (χ1n) is 7.82. The summed E-state index contributed by atoms with van der Waals surface area (Å²) in [6, 6.07) is 1.53. The molecule has 1 N–H and O–H groups in total. The van der Waals surface area contributed by atoms with E-state index < -0.39 is 12.0 Å². The van der Waals surface area contributed by atoms with Crippen LogP contribution in [0.25, 0.3) is 0 Å². The molecule has 2 fully saturated rings. The lowest BCUT2D eigenvalue weighted by Gasteiger charge is -2.25. The van der Waals surface area contributed by atoms with Gasteiger partial charge in [0.05, 0.1) is 0 Å². The van der Waals surface area contributed by atoms with E-state index in [2.05, 4.69) is 23.8 Å². The lowest BCUT2D eigenvalue weighted by Crippen LogP contribution is -2.40. The second-order valence-electron chi connectivity index (χ2n) is 6.68. The van der Waals surface area contributed by atoms with Crippen LogP contribution in [-0.2, 0) is 4.79 Å². The smallest absolute Gasteiger partial charge is 0.326 e. The number of anilines is 1. The number of carboxylic acid groups (broad SMARTS) is 1. The predicted molar refractivity (Wildman–Crippen MR) is 80.5 cm³/mol. The molecule has 0 radical (unpaired) electrons. The van der Waals surface area contributed by atoms with E-state index in [1.54, 1.807) is 0 Å². The van der Waals surface area contributed by atoms with Gasteiger partial charge in [0.25, 0.3) is 0 Å². The Kier molecular flexibility index (Phi) is 3.59.